The van der Waals surface area contributed by atoms with E-state index in [1.807, 2.05) is 54.6 Å². The maximum absolute atomic E-state index is 12.9. The van der Waals surface area contributed by atoms with Crippen LogP contribution in [0.3, 0.4) is 0 Å². The Balaban J connectivity index is 1.32. The Hall–Kier alpha value is -3.51. The molecule has 1 amide bonds. The number of para-hydroxylation sites is 1. The van der Waals surface area contributed by atoms with Gasteiger partial charge in [0.2, 0.25) is 17.7 Å². The average Bonchev–Trinajstić information content (AvgIpc) is 3.53. The minimum atomic E-state index is -0.102. The lowest BCUT2D eigenvalue weighted by atomic mass is 10.2. The second kappa shape index (κ2) is 8.32. The summed E-state index contributed by atoms with van der Waals surface area (Å²) in [4.78, 5) is 19.2. The first-order valence-electron chi connectivity index (χ1n) is 10.1. The number of hydrogen-bond donors (Lipinski definition) is 0. The summed E-state index contributed by atoms with van der Waals surface area (Å²) in [5.74, 6) is 0.627. The van der Waals surface area contributed by atoms with Crippen LogP contribution in [0.1, 0.15) is 24.4 Å². The van der Waals surface area contributed by atoms with Gasteiger partial charge < -0.3 is 9.32 Å². The molecule has 0 radical (unpaired) electrons. The van der Waals surface area contributed by atoms with Crippen LogP contribution in [-0.4, -0.2) is 32.0 Å². The van der Waals surface area contributed by atoms with Crippen LogP contribution in [0.25, 0.3) is 28.4 Å². The lowest BCUT2D eigenvalue weighted by Crippen LogP contribution is -2.31. The third-order valence-corrected chi connectivity index (χ3v) is 5.49. The largest absolute Gasteiger partial charge is 0.419 e. The van der Waals surface area contributed by atoms with E-state index in [1.54, 1.807) is 23.1 Å². The maximum atomic E-state index is 12.9. The Morgan fingerprint density at radius 3 is 2.71 bits per heavy atom. The lowest BCUT2D eigenvalue weighted by molar-refractivity contribution is -0.127. The summed E-state index contributed by atoms with van der Waals surface area (Å²) in [5, 5.41) is 9.81. The van der Waals surface area contributed by atoms with Crippen molar-refractivity contribution in [2.45, 2.75) is 25.4 Å². The van der Waals surface area contributed by atoms with Crippen LogP contribution < -0.4 is 0 Å². The van der Waals surface area contributed by atoms with Gasteiger partial charge in [0.25, 0.3) is 0 Å². The number of amides is 1. The monoisotopic (exact) mass is 430 g/mol. The van der Waals surface area contributed by atoms with E-state index >= 15 is 0 Å². The molecule has 1 fully saturated rings. The number of pyridine rings is 1. The molecule has 0 N–H and O–H groups in total. The predicted molar refractivity (Wildman–Crippen MR) is 119 cm³/mol. The second-order valence-corrected chi connectivity index (χ2v) is 7.85. The second-order valence-electron chi connectivity index (χ2n) is 7.44. The molecule has 0 saturated heterocycles. The van der Waals surface area contributed by atoms with E-state index in [4.69, 9.17) is 16.0 Å². The molecule has 154 valence electrons. The molecule has 5 rings (SSSR count). The van der Waals surface area contributed by atoms with Gasteiger partial charge in [-0.2, -0.15) is 0 Å². The van der Waals surface area contributed by atoms with E-state index in [0.717, 1.165) is 29.4 Å². The highest BCUT2D eigenvalue weighted by Crippen LogP contribution is 2.30. The molecule has 6 nitrogen and oxygen atoms in total. The van der Waals surface area contributed by atoms with Crippen molar-refractivity contribution >= 4 is 34.5 Å². The maximum Gasteiger partial charge on any atom is 0.249 e. The van der Waals surface area contributed by atoms with Crippen molar-refractivity contribution in [1.82, 2.24) is 20.1 Å². The molecule has 0 aliphatic heterocycles. The van der Waals surface area contributed by atoms with E-state index < -0.39 is 0 Å². The van der Waals surface area contributed by atoms with Gasteiger partial charge in [0.1, 0.15) is 0 Å². The zero-order valence-corrected chi connectivity index (χ0v) is 17.4. The fraction of sp³-hybridized carbons (Fsp3) is 0.167. The molecule has 0 bridgehead atoms. The van der Waals surface area contributed by atoms with Gasteiger partial charge in [0.05, 0.1) is 28.3 Å². The summed E-state index contributed by atoms with van der Waals surface area (Å²) in [7, 11) is 0. The van der Waals surface area contributed by atoms with Crippen molar-refractivity contribution in [2.24, 2.45) is 0 Å². The zero-order valence-electron chi connectivity index (χ0n) is 16.6. The summed E-state index contributed by atoms with van der Waals surface area (Å²) >= 11 is 6.21. The van der Waals surface area contributed by atoms with Gasteiger partial charge in [-0.3, -0.25) is 4.79 Å². The van der Waals surface area contributed by atoms with Gasteiger partial charge in [-0.05, 0) is 43.2 Å². The van der Waals surface area contributed by atoms with E-state index in [1.165, 1.54) is 0 Å². The van der Waals surface area contributed by atoms with Gasteiger partial charge in [0, 0.05) is 17.5 Å². The molecule has 1 saturated carbocycles. The van der Waals surface area contributed by atoms with Crippen LogP contribution in [-0.2, 0) is 11.3 Å². The molecular formula is C24H19ClN4O2. The standard InChI is InChI=1S/C24H19ClN4O2/c25-20-7-3-2-6-19(20)24-28-27-22(31-24)15-29(18-12-13-18)23(30)14-11-17-10-9-16-5-1-4-8-21(16)26-17/h1-11,14,18H,12-13,15H2. The fourth-order valence-corrected chi connectivity index (χ4v) is 3.62. The Bertz CT molecular complexity index is 1280. The molecule has 31 heavy (non-hydrogen) atoms. The molecule has 0 spiro atoms. The number of nitrogens with zero attached hydrogens (tertiary/aromatic N) is 4. The highest BCUT2D eigenvalue weighted by molar-refractivity contribution is 6.33. The first-order chi connectivity index (χ1) is 15.2. The number of carbonyl (C=O) groups is 1. The molecule has 7 heteroatoms. The van der Waals surface area contributed by atoms with Crippen molar-refractivity contribution in [2.75, 3.05) is 0 Å². The third-order valence-electron chi connectivity index (χ3n) is 5.16. The lowest BCUT2D eigenvalue weighted by Gasteiger charge is -2.18. The highest BCUT2D eigenvalue weighted by atomic mass is 35.5. The van der Waals surface area contributed by atoms with E-state index in [-0.39, 0.29) is 18.5 Å². The normalized spacial score (nSPS) is 13.7. The minimum absolute atomic E-state index is 0.102. The quantitative estimate of drug-likeness (QED) is 0.396. The minimum Gasteiger partial charge on any atom is -0.419 e. The Morgan fingerprint density at radius 2 is 1.87 bits per heavy atom. The van der Waals surface area contributed by atoms with Crippen molar-refractivity contribution in [1.29, 1.82) is 0 Å². The van der Waals surface area contributed by atoms with E-state index in [0.29, 0.717) is 22.4 Å². The Labute approximate surface area is 184 Å². The summed E-state index contributed by atoms with van der Waals surface area (Å²) < 4.78 is 5.78. The topological polar surface area (TPSA) is 72.1 Å². The molecule has 1 aliphatic rings. The average molecular weight is 431 g/mol. The summed E-state index contributed by atoms with van der Waals surface area (Å²) in [6, 6.07) is 19.3. The molecule has 2 heterocycles. The molecule has 0 unspecified atom stereocenters. The first kappa shape index (κ1) is 19.5. The number of rotatable bonds is 6. The zero-order chi connectivity index (χ0) is 21.2. The summed E-state index contributed by atoms with van der Waals surface area (Å²) in [5.41, 5.74) is 2.31. The Morgan fingerprint density at radius 1 is 1.06 bits per heavy atom. The van der Waals surface area contributed by atoms with E-state index in [2.05, 4.69) is 15.2 Å². The van der Waals surface area contributed by atoms with E-state index in [9.17, 15) is 4.79 Å². The molecule has 1 aliphatic carbocycles. The molecule has 2 aromatic carbocycles. The van der Waals surface area contributed by atoms with Crippen molar-refractivity contribution < 1.29 is 9.21 Å². The SMILES string of the molecule is O=C(C=Cc1ccc2ccccc2n1)N(Cc1nnc(-c2ccccc2Cl)o1)C1CC1. The molecular weight excluding hydrogens is 412 g/mol. The predicted octanol–water partition coefficient (Wildman–Crippen LogP) is 5.14. The Kier molecular flexibility index (Phi) is 5.22. The number of halogens is 1. The number of aromatic nitrogens is 3. The van der Waals surface area contributed by atoms with Crippen LogP contribution in [0.15, 0.2) is 71.2 Å². The molecule has 4 aromatic rings. The van der Waals surface area contributed by atoms with Crippen LogP contribution in [0.5, 0.6) is 0 Å². The van der Waals surface area contributed by atoms with Gasteiger partial charge in [0.15, 0.2) is 0 Å². The summed E-state index contributed by atoms with van der Waals surface area (Å²) in [6.07, 6.45) is 5.24. The first-order valence-corrected chi connectivity index (χ1v) is 10.5. The van der Waals surface area contributed by atoms with Crippen LogP contribution in [0, 0.1) is 0 Å². The van der Waals surface area contributed by atoms with Crippen LogP contribution >= 0.6 is 11.6 Å². The number of benzene rings is 2. The van der Waals surface area contributed by atoms with Gasteiger partial charge in [-0.1, -0.05) is 48.0 Å². The highest BCUT2D eigenvalue weighted by Gasteiger charge is 2.33. The van der Waals surface area contributed by atoms with Crippen molar-refractivity contribution in [3.63, 3.8) is 0 Å². The van der Waals surface area contributed by atoms with Crippen molar-refractivity contribution in [3.8, 4) is 11.5 Å². The summed E-state index contributed by atoms with van der Waals surface area (Å²) in [6.45, 7) is 0.260. The molecule has 0 atom stereocenters. The van der Waals surface area contributed by atoms with Gasteiger partial charge in [-0.25, -0.2) is 4.98 Å². The number of carbonyl (C=O) groups excluding carboxylic acids is 1. The van der Waals surface area contributed by atoms with Gasteiger partial charge >= 0.3 is 0 Å². The smallest absolute Gasteiger partial charge is 0.249 e. The third kappa shape index (κ3) is 4.34. The van der Waals surface area contributed by atoms with Gasteiger partial charge in [-0.15, -0.1) is 10.2 Å². The number of fused-ring (bicyclic) bond motifs is 1. The fourth-order valence-electron chi connectivity index (χ4n) is 3.41. The molecule has 2 aromatic heterocycles. The number of hydrogen-bond acceptors (Lipinski definition) is 5. The van der Waals surface area contributed by atoms with Crippen LogP contribution in [0.2, 0.25) is 5.02 Å². The van der Waals surface area contributed by atoms with Crippen molar-refractivity contribution in [3.05, 3.63) is 83.3 Å². The van der Waals surface area contributed by atoms with Crippen LogP contribution in [0.4, 0.5) is 0 Å².